The normalized spacial score (nSPS) is 14.4. The second kappa shape index (κ2) is 40.1. The number of phosphoric ester groups is 1. The van der Waals surface area contributed by atoms with Gasteiger partial charge in [-0.15, -0.1) is 0 Å². The van der Waals surface area contributed by atoms with E-state index in [2.05, 4.69) is 62.5 Å². The molecule has 320 valence electrons. The number of ether oxygens (including phenoxy) is 2. The van der Waals surface area contributed by atoms with Crippen molar-refractivity contribution in [2.24, 2.45) is 5.73 Å². The molecule has 0 spiro atoms. The van der Waals surface area contributed by atoms with Crippen LogP contribution in [0.2, 0.25) is 0 Å². The van der Waals surface area contributed by atoms with Gasteiger partial charge in [0.1, 0.15) is 12.1 Å². The third-order valence-electron chi connectivity index (χ3n) is 9.12. The van der Waals surface area contributed by atoms with E-state index >= 15 is 0 Å². The number of unbranched alkanes of at least 4 members (excludes halogenated alkanes) is 19. The second-order valence-electron chi connectivity index (χ2n) is 14.4. The molecular weight excluding hydrogens is 717 g/mol. The van der Waals surface area contributed by atoms with Crippen LogP contribution in [0.4, 0.5) is 0 Å². The van der Waals surface area contributed by atoms with Crippen LogP contribution < -0.4 is 5.73 Å². The van der Waals surface area contributed by atoms with Crippen LogP contribution in [0, 0.1) is 0 Å². The number of phosphoric acid groups is 1. The molecule has 0 saturated heterocycles. The van der Waals surface area contributed by atoms with Gasteiger partial charge in [-0.25, -0.2) is 4.57 Å². The van der Waals surface area contributed by atoms with Gasteiger partial charge in [-0.2, -0.15) is 0 Å². The molecule has 0 heterocycles. The maximum absolute atomic E-state index is 12.6. The summed E-state index contributed by atoms with van der Waals surface area (Å²) in [4.78, 5) is 33.5. The molecule has 3 atom stereocenters. The summed E-state index contributed by atoms with van der Waals surface area (Å²) < 4.78 is 33.3. The van der Waals surface area contributed by atoms with Gasteiger partial charge in [-0.1, -0.05) is 172 Å². The topological polar surface area (TPSA) is 155 Å². The van der Waals surface area contributed by atoms with E-state index in [9.17, 15) is 19.0 Å². The SMILES string of the molecule is CC/C=C\C/C=C\C/C=C\C/C=C\CCCCC(=O)OC(COCCCCCCCCCCCCCCCCCCCC)COP(=O)(O)OCC(N)C(=O)O. The van der Waals surface area contributed by atoms with E-state index in [0.29, 0.717) is 13.0 Å². The van der Waals surface area contributed by atoms with E-state index in [1.807, 2.05) is 0 Å². The molecule has 10 nitrogen and oxygen atoms in total. The van der Waals surface area contributed by atoms with Gasteiger partial charge in [0.05, 0.1) is 19.8 Å². The van der Waals surface area contributed by atoms with Crippen molar-refractivity contribution in [3.8, 4) is 0 Å². The van der Waals surface area contributed by atoms with Crippen LogP contribution in [0.5, 0.6) is 0 Å². The lowest BCUT2D eigenvalue weighted by Gasteiger charge is -2.20. The summed E-state index contributed by atoms with van der Waals surface area (Å²) in [5.74, 6) is -1.82. The van der Waals surface area contributed by atoms with Gasteiger partial charge in [-0.3, -0.25) is 18.6 Å². The highest BCUT2D eigenvalue weighted by atomic mass is 31.2. The van der Waals surface area contributed by atoms with Crippen LogP contribution in [0.15, 0.2) is 48.6 Å². The smallest absolute Gasteiger partial charge is 0.472 e. The zero-order chi connectivity index (χ0) is 40.5. The van der Waals surface area contributed by atoms with Crippen LogP contribution in [0.3, 0.4) is 0 Å². The third-order valence-corrected chi connectivity index (χ3v) is 10.1. The first kappa shape index (κ1) is 52.9. The van der Waals surface area contributed by atoms with Gasteiger partial charge in [0.25, 0.3) is 0 Å². The van der Waals surface area contributed by atoms with Crippen molar-refractivity contribution < 1.29 is 42.7 Å². The van der Waals surface area contributed by atoms with E-state index < -0.39 is 45.1 Å². The zero-order valence-electron chi connectivity index (χ0n) is 34.8. The number of allylic oxidation sites excluding steroid dienone is 8. The number of rotatable bonds is 41. The van der Waals surface area contributed by atoms with Gasteiger partial charge >= 0.3 is 19.8 Å². The highest BCUT2D eigenvalue weighted by Crippen LogP contribution is 2.43. The molecule has 0 aromatic carbocycles. The Kier molecular flexibility index (Phi) is 38.6. The molecule has 0 rings (SSSR count). The van der Waals surface area contributed by atoms with E-state index in [1.54, 1.807) is 0 Å². The molecule has 11 heteroatoms. The molecule has 0 radical (unpaired) electrons. The highest BCUT2D eigenvalue weighted by Gasteiger charge is 2.27. The minimum atomic E-state index is -4.63. The molecule has 0 aliphatic rings. The molecule has 4 N–H and O–H groups in total. The van der Waals surface area contributed by atoms with E-state index in [-0.39, 0.29) is 13.0 Å². The van der Waals surface area contributed by atoms with E-state index in [4.69, 9.17) is 29.4 Å². The van der Waals surface area contributed by atoms with Gasteiger partial charge in [0.15, 0.2) is 0 Å². The molecule has 0 saturated carbocycles. The quantitative estimate of drug-likeness (QED) is 0.0236. The molecule has 0 amide bonds. The summed E-state index contributed by atoms with van der Waals surface area (Å²) in [5, 5.41) is 8.89. The van der Waals surface area contributed by atoms with Crippen molar-refractivity contribution >= 4 is 19.8 Å². The molecule has 0 bridgehead atoms. The number of carbonyl (C=O) groups is 2. The first-order valence-electron chi connectivity index (χ1n) is 21.7. The molecule has 0 aromatic rings. The number of nitrogens with two attached hydrogens (primary N) is 1. The first-order chi connectivity index (χ1) is 26.7. The van der Waals surface area contributed by atoms with Crippen LogP contribution in [-0.2, 0) is 32.7 Å². The molecule has 0 aliphatic heterocycles. The number of esters is 1. The summed E-state index contributed by atoms with van der Waals surface area (Å²) in [6, 6.07) is -1.48. The van der Waals surface area contributed by atoms with Crippen LogP contribution >= 0.6 is 7.82 Å². The fraction of sp³-hybridized carbons (Fsp3) is 0.773. The summed E-state index contributed by atoms with van der Waals surface area (Å²) in [6.45, 7) is 3.72. The lowest BCUT2D eigenvalue weighted by atomic mass is 10.0. The number of aliphatic carboxylic acids is 1. The third kappa shape index (κ3) is 39.9. The van der Waals surface area contributed by atoms with Gasteiger partial charge in [-0.05, 0) is 51.4 Å². The fourth-order valence-corrected chi connectivity index (χ4v) is 6.55. The largest absolute Gasteiger partial charge is 0.480 e. The molecule has 3 unspecified atom stereocenters. The zero-order valence-corrected chi connectivity index (χ0v) is 35.7. The van der Waals surface area contributed by atoms with Gasteiger partial charge in [0, 0.05) is 13.0 Å². The van der Waals surface area contributed by atoms with Crippen molar-refractivity contribution in [1.29, 1.82) is 0 Å². The predicted octanol–water partition coefficient (Wildman–Crippen LogP) is 11.9. The summed E-state index contributed by atoms with van der Waals surface area (Å²) >= 11 is 0. The minimum Gasteiger partial charge on any atom is -0.480 e. The predicted molar refractivity (Wildman–Crippen MR) is 226 cm³/mol. The maximum atomic E-state index is 12.6. The van der Waals surface area contributed by atoms with Crippen molar-refractivity contribution in [3.05, 3.63) is 48.6 Å². The van der Waals surface area contributed by atoms with Crippen molar-refractivity contribution in [1.82, 2.24) is 0 Å². The molecule has 0 aliphatic carbocycles. The standard InChI is InChI=1S/C44H80NO9P/c1-3-5-7-9-11-13-15-17-19-20-21-23-25-27-29-31-33-35-37-51-38-41(39-52-55(49,50)53-40-42(45)44(47)48)54-43(46)36-34-32-30-28-26-24-22-18-16-14-12-10-8-6-4-2/h6,8,12,14,18,22,26,28,41-42H,3-5,7,9-11,13,15-17,19-21,23-25,27,29-40,45H2,1-2H3,(H,47,48)(H,49,50)/b8-6-,14-12-,22-18-,28-26-. The summed E-state index contributed by atoms with van der Waals surface area (Å²) in [7, 11) is -4.63. The van der Waals surface area contributed by atoms with Crippen molar-refractivity contribution in [3.63, 3.8) is 0 Å². The Bertz CT molecular complexity index is 1060. The van der Waals surface area contributed by atoms with Crippen molar-refractivity contribution in [2.45, 2.75) is 193 Å². The Morgan fingerprint density at radius 3 is 1.55 bits per heavy atom. The lowest BCUT2D eigenvalue weighted by molar-refractivity contribution is -0.154. The van der Waals surface area contributed by atoms with Gasteiger partial charge < -0.3 is 25.2 Å². The van der Waals surface area contributed by atoms with E-state index in [1.165, 1.54) is 96.3 Å². The van der Waals surface area contributed by atoms with Crippen LogP contribution in [-0.4, -0.2) is 60.5 Å². The number of hydrogen-bond donors (Lipinski definition) is 3. The summed E-state index contributed by atoms with van der Waals surface area (Å²) in [6.07, 6.45) is 46.0. The maximum Gasteiger partial charge on any atom is 0.472 e. The first-order valence-corrected chi connectivity index (χ1v) is 23.2. The fourth-order valence-electron chi connectivity index (χ4n) is 5.77. The number of carboxylic acid groups (broad SMARTS) is 1. The monoisotopic (exact) mass is 798 g/mol. The number of carbonyl (C=O) groups excluding carboxylic acids is 1. The Hall–Kier alpha value is -2.07. The summed E-state index contributed by atoms with van der Waals surface area (Å²) in [5.41, 5.74) is 5.35. The molecule has 0 aromatic heterocycles. The molecule has 0 fully saturated rings. The van der Waals surface area contributed by atoms with Crippen molar-refractivity contribution in [2.75, 3.05) is 26.4 Å². The number of carboxylic acids is 1. The van der Waals surface area contributed by atoms with Gasteiger partial charge in [0.2, 0.25) is 0 Å². The Morgan fingerprint density at radius 2 is 1.05 bits per heavy atom. The average molecular weight is 798 g/mol. The average Bonchev–Trinajstić information content (AvgIpc) is 3.16. The Labute approximate surface area is 335 Å². The van der Waals surface area contributed by atoms with Crippen LogP contribution in [0.1, 0.15) is 181 Å². The number of hydrogen-bond acceptors (Lipinski definition) is 8. The Morgan fingerprint density at radius 1 is 0.600 bits per heavy atom. The van der Waals surface area contributed by atoms with E-state index in [0.717, 1.165) is 57.8 Å². The molecular formula is C44H80NO9P. The second-order valence-corrected chi connectivity index (χ2v) is 15.9. The van der Waals surface area contributed by atoms with Crippen LogP contribution in [0.25, 0.3) is 0 Å². The molecule has 55 heavy (non-hydrogen) atoms. The highest BCUT2D eigenvalue weighted by molar-refractivity contribution is 7.47. The minimum absolute atomic E-state index is 0.00128. The Balaban J connectivity index is 4.27. The lowest BCUT2D eigenvalue weighted by Crippen LogP contribution is -2.34.